The van der Waals surface area contributed by atoms with Crippen molar-refractivity contribution in [2.75, 3.05) is 12.0 Å². The SMILES string of the molecule is COc1ccc([N+](=O)[O-])cc1-n1c(C)cc([C@H]2[C@H](c3ccccn3)NC(=S)N2c2ccc(C)cc2)c1C. The normalized spacial score (nSPS) is 17.1. The van der Waals surface area contributed by atoms with Crippen molar-refractivity contribution < 1.29 is 9.66 Å². The lowest BCUT2D eigenvalue weighted by molar-refractivity contribution is -0.384. The Kier molecular flexibility index (Phi) is 6.39. The van der Waals surface area contributed by atoms with Crippen molar-refractivity contribution in [3.63, 3.8) is 0 Å². The van der Waals surface area contributed by atoms with Crippen molar-refractivity contribution in [3.8, 4) is 11.4 Å². The standard InChI is InChI=1S/C28H27N5O3S/c1-17-8-10-20(11-9-17)32-27(26(30-28(32)37)23-7-5-6-14-29-23)22-15-18(2)31(19(22)3)24-16-21(33(34)35)12-13-25(24)36-4/h5-16,26-27H,1-4H3,(H,30,37)/t26-,27-/m0/s1. The minimum Gasteiger partial charge on any atom is -0.495 e. The van der Waals surface area contributed by atoms with Gasteiger partial charge in [-0.3, -0.25) is 15.1 Å². The first-order chi connectivity index (χ1) is 17.8. The van der Waals surface area contributed by atoms with Crippen molar-refractivity contribution in [2.45, 2.75) is 32.9 Å². The van der Waals surface area contributed by atoms with E-state index in [-0.39, 0.29) is 17.8 Å². The highest BCUT2D eigenvalue weighted by atomic mass is 32.1. The smallest absolute Gasteiger partial charge is 0.271 e. The maximum atomic E-state index is 11.5. The maximum absolute atomic E-state index is 11.5. The van der Waals surface area contributed by atoms with E-state index in [0.29, 0.717) is 16.5 Å². The number of nitrogens with zero attached hydrogens (tertiary/aromatic N) is 4. The van der Waals surface area contributed by atoms with Gasteiger partial charge in [0, 0.05) is 35.4 Å². The molecule has 1 aliphatic rings. The first-order valence-electron chi connectivity index (χ1n) is 11.9. The summed E-state index contributed by atoms with van der Waals surface area (Å²) in [6.45, 7) is 6.06. The minimum absolute atomic E-state index is 0.00112. The Labute approximate surface area is 220 Å². The number of nitrogens with one attached hydrogen (secondary N) is 1. The number of nitro groups is 1. The molecule has 188 valence electrons. The van der Waals surface area contributed by atoms with Crippen LogP contribution in [0.2, 0.25) is 0 Å². The number of pyridine rings is 1. The van der Waals surface area contributed by atoms with E-state index in [9.17, 15) is 10.1 Å². The van der Waals surface area contributed by atoms with Crippen LogP contribution in [-0.4, -0.2) is 26.7 Å². The molecule has 1 aliphatic heterocycles. The van der Waals surface area contributed by atoms with Crippen LogP contribution in [-0.2, 0) is 0 Å². The molecule has 37 heavy (non-hydrogen) atoms. The minimum atomic E-state index is -0.395. The van der Waals surface area contributed by atoms with Gasteiger partial charge in [-0.2, -0.15) is 0 Å². The molecule has 5 rings (SSSR count). The molecular weight excluding hydrogens is 486 g/mol. The predicted octanol–water partition coefficient (Wildman–Crippen LogP) is 5.89. The fourth-order valence-corrected chi connectivity index (χ4v) is 5.42. The first kappa shape index (κ1) is 24.5. The molecule has 0 bridgehead atoms. The summed E-state index contributed by atoms with van der Waals surface area (Å²) in [5.74, 6) is 0.552. The van der Waals surface area contributed by atoms with Gasteiger partial charge in [-0.1, -0.05) is 23.8 Å². The number of non-ortho nitro benzene ring substituents is 1. The highest BCUT2D eigenvalue weighted by Gasteiger charge is 2.42. The monoisotopic (exact) mass is 513 g/mol. The van der Waals surface area contributed by atoms with Crippen LogP contribution in [0.5, 0.6) is 5.75 Å². The number of nitro benzene ring substituents is 1. The predicted molar refractivity (Wildman–Crippen MR) is 148 cm³/mol. The summed E-state index contributed by atoms with van der Waals surface area (Å²) in [6, 6.07) is 20.5. The van der Waals surface area contributed by atoms with Gasteiger partial charge in [-0.15, -0.1) is 0 Å². The molecule has 2 aromatic carbocycles. The van der Waals surface area contributed by atoms with Gasteiger partial charge < -0.3 is 19.5 Å². The lowest BCUT2D eigenvalue weighted by atomic mass is 9.96. The Hall–Kier alpha value is -4.24. The summed E-state index contributed by atoms with van der Waals surface area (Å²) < 4.78 is 7.60. The Morgan fingerprint density at radius 3 is 2.46 bits per heavy atom. The van der Waals surface area contributed by atoms with Gasteiger partial charge in [-0.25, -0.2) is 0 Å². The summed E-state index contributed by atoms with van der Waals surface area (Å²) in [4.78, 5) is 17.9. The Morgan fingerprint density at radius 1 is 1.05 bits per heavy atom. The number of aromatic nitrogens is 2. The lowest BCUT2D eigenvalue weighted by Gasteiger charge is -2.28. The number of thiocarbonyl (C=S) groups is 1. The highest BCUT2D eigenvalue weighted by Crippen LogP contribution is 2.44. The zero-order valence-corrected chi connectivity index (χ0v) is 21.8. The molecule has 0 spiro atoms. The summed E-state index contributed by atoms with van der Waals surface area (Å²) >= 11 is 5.86. The molecule has 2 aromatic heterocycles. The molecular formula is C28H27N5O3S. The molecule has 4 aromatic rings. The van der Waals surface area contributed by atoms with Crippen molar-refractivity contribution in [1.82, 2.24) is 14.9 Å². The summed E-state index contributed by atoms with van der Waals surface area (Å²) in [7, 11) is 1.56. The van der Waals surface area contributed by atoms with Crippen LogP contribution in [0, 0.1) is 30.9 Å². The van der Waals surface area contributed by atoms with Crippen LogP contribution in [0.25, 0.3) is 5.69 Å². The van der Waals surface area contributed by atoms with Gasteiger partial charge in [0.2, 0.25) is 0 Å². The quantitative estimate of drug-likeness (QED) is 0.195. The largest absolute Gasteiger partial charge is 0.495 e. The van der Waals surface area contributed by atoms with Gasteiger partial charge in [0.15, 0.2) is 5.11 Å². The van der Waals surface area contributed by atoms with Gasteiger partial charge >= 0.3 is 0 Å². The molecule has 3 heterocycles. The van der Waals surface area contributed by atoms with Crippen LogP contribution in [0.3, 0.4) is 0 Å². The van der Waals surface area contributed by atoms with Gasteiger partial charge in [-0.05, 0) is 75.0 Å². The Bertz CT molecular complexity index is 1480. The van der Waals surface area contributed by atoms with Gasteiger partial charge in [0.05, 0.1) is 35.5 Å². The average Bonchev–Trinajstić information content (AvgIpc) is 3.39. The number of hydrogen-bond acceptors (Lipinski definition) is 5. The van der Waals surface area contributed by atoms with Crippen molar-refractivity contribution in [1.29, 1.82) is 0 Å². The first-order valence-corrected chi connectivity index (χ1v) is 12.3. The van der Waals surface area contributed by atoms with E-state index >= 15 is 0 Å². The van der Waals surface area contributed by atoms with Crippen LogP contribution >= 0.6 is 12.2 Å². The third-order valence-electron chi connectivity index (χ3n) is 6.81. The third-order valence-corrected chi connectivity index (χ3v) is 7.13. The van der Waals surface area contributed by atoms with E-state index in [1.165, 1.54) is 6.07 Å². The molecule has 1 fully saturated rings. The molecule has 0 amide bonds. The van der Waals surface area contributed by atoms with E-state index in [2.05, 4.69) is 52.5 Å². The van der Waals surface area contributed by atoms with E-state index in [4.69, 9.17) is 17.0 Å². The number of rotatable bonds is 6. The maximum Gasteiger partial charge on any atom is 0.271 e. The lowest BCUT2D eigenvalue weighted by Crippen LogP contribution is -2.29. The Balaban J connectivity index is 1.70. The summed E-state index contributed by atoms with van der Waals surface area (Å²) in [5, 5.41) is 15.7. The second-order valence-electron chi connectivity index (χ2n) is 9.11. The number of hydrogen-bond donors (Lipinski definition) is 1. The Morgan fingerprint density at radius 2 is 1.81 bits per heavy atom. The fraction of sp³-hybridized carbons (Fsp3) is 0.214. The molecule has 0 aliphatic carbocycles. The number of ether oxygens (including phenoxy) is 1. The average molecular weight is 514 g/mol. The summed E-state index contributed by atoms with van der Waals surface area (Å²) in [5.41, 5.74) is 6.53. The van der Waals surface area contributed by atoms with Crippen LogP contribution in [0.1, 0.15) is 40.3 Å². The van der Waals surface area contributed by atoms with E-state index in [0.717, 1.165) is 33.9 Å². The van der Waals surface area contributed by atoms with Gasteiger partial charge in [0.1, 0.15) is 5.75 Å². The zero-order chi connectivity index (χ0) is 26.3. The molecule has 9 heteroatoms. The number of methoxy groups -OCH3 is 1. The van der Waals surface area contributed by atoms with Crippen LogP contribution in [0.15, 0.2) is 72.9 Å². The van der Waals surface area contributed by atoms with Crippen molar-refractivity contribution in [3.05, 3.63) is 111 Å². The zero-order valence-electron chi connectivity index (χ0n) is 21.0. The van der Waals surface area contributed by atoms with Crippen molar-refractivity contribution >= 4 is 28.7 Å². The van der Waals surface area contributed by atoms with Crippen LogP contribution < -0.4 is 15.0 Å². The second-order valence-corrected chi connectivity index (χ2v) is 9.49. The molecule has 0 saturated carbocycles. The third kappa shape index (κ3) is 4.31. The topological polar surface area (TPSA) is 85.5 Å². The molecule has 0 radical (unpaired) electrons. The van der Waals surface area contributed by atoms with E-state index < -0.39 is 4.92 Å². The summed E-state index contributed by atoms with van der Waals surface area (Å²) in [6.07, 6.45) is 1.78. The molecule has 2 atom stereocenters. The van der Waals surface area contributed by atoms with Gasteiger partial charge in [0.25, 0.3) is 5.69 Å². The number of aryl methyl sites for hydroxylation is 2. The number of anilines is 1. The molecule has 0 unspecified atom stereocenters. The van der Waals surface area contributed by atoms with Crippen LogP contribution in [0.4, 0.5) is 11.4 Å². The van der Waals surface area contributed by atoms with E-state index in [1.54, 1.807) is 25.4 Å². The second kappa shape index (κ2) is 9.67. The fourth-order valence-electron chi connectivity index (χ4n) is 5.08. The molecule has 1 saturated heterocycles. The molecule has 1 N–H and O–H groups in total. The van der Waals surface area contributed by atoms with E-state index in [1.807, 2.05) is 36.6 Å². The highest BCUT2D eigenvalue weighted by molar-refractivity contribution is 7.80. The number of benzene rings is 2. The van der Waals surface area contributed by atoms with Crippen molar-refractivity contribution in [2.24, 2.45) is 0 Å². The molecule has 8 nitrogen and oxygen atoms in total.